The Kier molecular flexibility index (Phi) is 3.40. The molecule has 2 aliphatic rings. The maximum absolute atomic E-state index is 12.6. The van der Waals surface area contributed by atoms with Gasteiger partial charge in [-0.1, -0.05) is 18.2 Å². The maximum Gasteiger partial charge on any atom is 0.305 e. The molecule has 1 aromatic carbocycles. The Morgan fingerprint density at radius 1 is 1.27 bits per heavy atom. The molecular weight excluding hydrogens is 288 g/mol. The fourth-order valence-electron chi connectivity index (χ4n) is 3.09. The summed E-state index contributed by atoms with van der Waals surface area (Å²) in [6, 6.07) is 5.25. The number of benzene rings is 1. The van der Waals surface area contributed by atoms with Gasteiger partial charge in [0.15, 0.2) is 0 Å². The van der Waals surface area contributed by atoms with E-state index in [-0.39, 0.29) is 31.1 Å². The van der Waals surface area contributed by atoms with Gasteiger partial charge in [-0.25, -0.2) is 0 Å². The second-order valence-electron chi connectivity index (χ2n) is 5.38. The van der Waals surface area contributed by atoms with Crippen LogP contribution in [0.1, 0.15) is 41.2 Å². The van der Waals surface area contributed by atoms with E-state index in [4.69, 9.17) is 5.11 Å². The molecule has 2 N–H and O–H groups in total. The van der Waals surface area contributed by atoms with Crippen molar-refractivity contribution in [3.05, 3.63) is 35.4 Å². The van der Waals surface area contributed by atoms with Crippen molar-refractivity contribution in [2.75, 3.05) is 0 Å². The van der Waals surface area contributed by atoms with Crippen molar-refractivity contribution in [2.24, 2.45) is 0 Å². The summed E-state index contributed by atoms with van der Waals surface area (Å²) in [4.78, 5) is 48.3. The quantitative estimate of drug-likeness (QED) is 0.790. The Morgan fingerprint density at radius 3 is 2.68 bits per heavy atom. The van der Waals surface area contributed by atoms with Crippen molar-refractivity contribution in [3.8, 4) is 0 Å². The highest BCUT2D eigenvalue weighted by molar-refractivity contribution is 6.06. The van der Waals surface area contributed by atoms with E-state index in [1.54, 1.807) is 24.3 Å². The first-order chi connectivity index (χ1) is 10.5. The molecule has 2 aliphatic heterocycles. The van der Waals surface area contributed by atoms with E-state index < -0.39 is 24.0 Å². The topological polar surface area (TPSA) is 104 Å². The SMILES string of the molecule is O=C(O)CC1c2ccccc2C(=O)N1[C@H]1CCC(=O)NC1=O. The van der Waals surface area contributed by atoms with Gasteiger partial charge in [0, 0.05) is 12.0 Å². The van der Waals surface area contributed by atoms with E-state index in [0.29, 0.717) is 11.1 Å². The van der Waals surface area contributed by atoms with Crippen LogP contribution in [0.4, 0.5) is 0 Å². The highest BCUT2D eigenvalue weighted by Crippen LogP contribution is 2.38. The Balaban J connectivity index is 1.99. The standard InChI is InChI=1S/C15H14N2O5/c18-12-6-5-10(14(21)16-12)17-11(7-13(19)20)8-3-1-2-4-9(8)15(17)22/h1-4,10-11H,5-7H2,(H,19,20)(H,16,18,21)/t10-,11?/m0/s1. The number of piperidine rings is 1. The molecule has 1 fully saturated rings. The minimum Gasteiger partial charge on any atom is -0.481 e. The van der Waals surface area contributed by atoms with E-state index in [1.165, 1.54) is 4.90 Å². The van der Waals surface area contributed by atoms with Gasteiger partial charge in [-0.15, -0.1) is 0 Å². The molecule has 114 valence electrons. The number of carboxylic acid groups (broad SMARTS) is 1. The molecule has 0 aliphatic carbocycles. The lowest BCUT2D eigenvalue weighted by Gasteiger charge is -2.33. The van der Waals surface area contributed by atoms with E-state index in [1.807, 2.05) is 0 Å². The van der Waals surface area contributed by atoms with Crippen LogP contribution in [0.3, 0.4) is 0 Å². The molecule has 0 bridgehead atoms. The number of nitrogens with one attached hydrogen (secondary N) is 1. The molecule has 3 amide bonds. The van der Waals surface area contributed by atoms with Crippen LogP contribution < -0.4 is 5.32 Å². The molecule has 0 radical (unpaired) electrons. The van der Waals surface area contributed by atoms with Crippen LogP contribution in [-0.4, -0.2) is 39.7 Å². The normalized spacial score (nSPS) is 24.2. The molecule has 22 heavy (non-hydrogen) atoms. The summed E-state index contributed by atoms with van der Waals surface area (Å²) in [5.41, 5.74) is 1.03. The van der Waals surface area contributed by atoms with Gasteiger partial charge < -0.3 is 10.0 Å². The van der Waals surface area contributed by atoms with Gasteiger partial charge >= 0.3 is 5.97 Å². The largest absolute Gasteiger partial charge is 0.481 e. The van der Waals surface area contributed by atoms with Crippen LogP contribution in [0.5, 0.6) is 0 Å². The lowest BCUT2D eigenvalue weighted by Crippen LogP contribution is -2.53. The summed E-state index contributed by atoms with van der Waals surface area (Å²) < 4.78 is 0. The predicted molar refractivity (Wildman–Crippen MR) is 73.8 cm³/mol. The third kappa shape index (κ3) is 2.24. The molecule has 1 aromatic rings. The number of rotatable bonds is 3. The van der Waals surface area contributed by atoms with Crippen molar-refractivity contribution >= 4 is 23.7 Å². The number of hydrogen-bond acceptors (Lipinski definition) is 4. The van der Waals surface area contributed by atoms with Gasteiger partial charge in [0.05, 0.1) is 12.5 Å². The Hall–Kier alpha value is -2.70. The van der Waals surface area contributed by atoms with Crippen LogP contribution in [0.25, 0.3) is 0 Å². The van der Waals surface area contributed by atoms with Crippen LogP contribution in [-0.2, 0) is 14.4 Å². The fourth-order valence-corrected chi connectivity index (χ4v) is 3.09. The second kappa shape index (κ2) is 5.25. The van der Waals surface area contributed by atoms with Gasteiger partial charge in [-0.2, -0.15) is 0 Å². The first-order valence-electron chi connectivity index (χ1n) is 6.96. The van der Waals surface area contributed by atoms with Crippen molar-refractivity contribution < 1.29 is 24.3 Å². The highest BCUT2D eigenvalue weighted by atomic mass is 16.4. The lowest BCUT2D eigenvalue weighted by atomic mass is 9.99. The Morgan fingerprint density at radius 2 is 2.00 bits per heavy atom. The van der Waals surface area contributed by atoms with Gasteiger partial charge in [-0.3, -0.25) is 24.5 Å². The Bertz CT molecular complexity index is 684. The second-order valence-corrected chi connectivity index (χ2v) is 5.38. The maximum atomic E-state index is 12.6. The van der Waals surface area contributed by atoms with E-state index in [9.17, 15) is 19.2 Å². The van der Waals surface area contributed by atoms with E-state index >= 15 is 0 Å². The number of carbonyl (C=O) groups is 4. The monoisotopic (exact) mass is 302 g/mol. The number of amides is 3. The third-order valence-electron chi connectivity index (χ3n) is 4.03. The van der Waals surface area contributed by atoms with Crippen LogP contribution >= 0.6 is 0 Å². The summed E-state index contributed by atoms with van der Waals surface area (Å²) >= 11 is 0. The summed E-state index contributed by atoms with van der Waals surface area (Å²) in [7, 11) is 0. The third-order valence-corrected chi connectivity index (χ3v) is 4.03. The zero-order chi connectivity index (χ0) is 15.9. The molecule has 3 rings (SSSR count). The first-order valence-corrected chi connectivity index (χ1v) is 6.96. The fraction of sp³-hybridized carbons (Fsp3) is 0.333. The number of carboxylic acids is 1. The van der Waals surface area contributed by atoms with Gasteiger partial charge in [0.1, 0.15) is 6.04 Å². The molecular formula is C15H14N2O5. The van der Waals surface area contributed by atoms with Gasteiger partial charge in [0.2, 0.25) is 11.8 Å². The molecule has 1 saturated heterocycles. The van der Waals surface area contributed by atoms with Crippen LogP contribution in [0, 0.1) is 0 Å². The minimum atomic E-state index is -1.05. The van der Waals surface area contributed by atoms with Crippen LogP contribution in [0.2, 0.25) is 0 Å². The van der Waals surface area contributed by atoms with Crippen molar-refractivity contribution in [1.29, 1.82) is 0 Å². The Labute approximate surface area is 125 Å². The molecule has 7 heteroatoms. The zero-order valence-electron chi connectivity index (χ0n) is 11.6. The van der Waals surface area contributed by atoms with E-state index in [0.717, 1.165) is 0 Å². The number of fused-ring (bicyclic) bond motifs is 1. The minimum absolute atomic E-state index is 0.135. The van der Waals surface area contributed by atoms with Crippen molar-refractivity contribution in [2.45, 2.75) is 31.3 Å². The number of nitrogens with zero attached hydrogens (tertiary/aromatic N) is 1. The van der Waals surface area contributed by atoms with E-state index in [2.05, 4.69) is 5.32 Å². The lowest BCUT2D eigenvalue weighted by molar-refractivity contribution is -0.141. The number of carbonyl (C=O) groups excluding carboxylic acids is 3. The number of hydrogen-bond donors (Lipinski definition) is 2. The number of imide groups is 1. The number of aliphatic carboxylic acids is 1. The predicted octanol–water partition coefficient (Wildman–Crippen LogP) is 0.463. The average Bonchev–Trinajstić information content (AvgIpc) is 2.73. The molecule has 0 spiro atoms. The molecule has 0 saturated carbocycles. The van der Waals surface area contributed by atoms with Gasteiger partial charge in [-0.05, 0) is 18.1 Å². The van der Waals surface area contributed by atoms with Gasteiger partial charge in [0.25, 0.3) is 5.91 Å². The highest BCUT2D eigenvalue weighted by Gasteiger charge is 2.45. The zero-order valence-corrected chi connectivity index (χ0v) is 11.6. The summed E-state index contributed by atoms with van der Waals surface area (Å²) in [5.74, 6) is -2.34. The molecule has 2 atom stereocenters. The molecule has 0 aromatic heterocycles. The molecule has 1 unspecified atom stereocenters. The average molecular weight is 302 g/mol. The molecule has 7 nitrogen and oxygen atoms in total. The smallest absolute Gasteiger partial charge is 0.305 e. The first kappa shape index (κ1) is 14.2. The summed E-state index contributed by atoms with van der Waals surface area (Å²) in [5, 5.41) is 11.3. The summed E-state index contributed by atoms with van der Waals surface area (Å²) in [6.45, 7) is 0. The van der Waals surface area contributed by atoms with Crippen molar-refractivity contribution in [1.82, 2.24) is 10.2 Å². The molecule has 2 heterocycles. The van der Waals surface area contributed by atoms with Crippen molar-refractivity contribution in [3.63, 3.8) is 0 Å². The summed E-state index contributed by atoms with van der Waals surface area (Å²) in [6.07, 6.45) is 0.0668. The van der Waals surface area contributed by atoms with Crippen LogP contribution in [0.15, 0.2) is 24.3 Å².